The van der Waals surface area contributed by atoms with Crippen molar-refractivity contribution in [3.8, 4) is 11.5 Å². The summed E-state index contributed by atoms with van der Waals surface area (Å²) in [5.41, 5.74) is 8.94. The highest BCUT2D eigenvalue weighted by Gasteiger charge is 2.51. The molecule has 2 saturated heterocycles. The van der Waals surface area contributed by atoms with Crippen LogP contribution < -0.4 is 20.1 Å². The number of aromatic nitrogens is 4. The van der Waals surface area contributed by atoms with Crippen LogP contribution in [0.25, 0.3) is 20.4 Å². The van der Waals surface area contributed by atoms with E-state index >= 15 is 0 Å². The highest BCUT2D eigenvalue weighted by atomic mass is 32.1. The van der Waals surface area contributed by atoms with E-state index in [-0.39, 0.29) is 29.5 Å². The van der Waals surface area contributed by atoms with Crippen molar-refractivity contribution in [1.29, 1.82) is 0 Å². The fourth-order valence-corrected chi connectivity index (χ4v) is 12.5. The van der Waals surface area contributed by atoms with Crippen molar-refractivity contribution in [2.75, 3.05) is 36.9 Å². The minimum Gasteiger partial charge on any atom is -0.489 e. The lowest BCUT2D eigenvalue weighted by atomic mass is 9.76. The molecule has 4 aromatic heterocycles. The molecule has 66 heavy (non-hydrogen) atoms. The molecule has 6 aromatic rings. The lowest BCUT2D eigenvalue weighted by Gasteiger charge is -2.55. The standard InChI is InChI=1S/C27H29N5O3S.C22H22N4O3S/c1-15(2)35-21-6-18-9-28-8-17(18)5-20(21)31-24-23-19-4-3-16(7-22(19)36-25(23)30-14-29-24)26(33)32-10-27(11-32)12-34-13-27;1-11(2)29-17-6-14-9-23-8-13(14)5-16(17)26-20-19-15-4-3-12(22(27)28)7-18(15)30-21(19)25-10-24-20/h5-6,8,14-16H,3-4,7,9-13H2,1-2H3,(H,29,30,31);5-6,8,10-12H,3-4,7,9H2,1-2H3,(H,27,28)(H,24,25,26)/t16-;12-/m11/s1. The molecule has 2 fully saturated rings. The van der Waals surface area contributed by atoms with E-state index in [1.807, 2.05) is 51.1 Å². The number of aryl methyl sites for hydroxylation is 2. The zero-order chi connectivity index (χ0) is 45.3. The first kappa shape index (κ1) is 42.6. The van der Waals surface area contributed by atoms with Crippen LogP contribution in [0.3, 0.4) is 0 Å². The number of carbonyl (C=O) groups is 2. The number of hydrogen-bond donors (Lipinski definition) is 3. The highest BCUT2D eigenvalue weighted by Crippen LogP contribution is 2.45. The molecule has 0 unspecified atom stereocenters. The summed E-state index contributed by atoms with van der Waals surface area (Å²) >= 11 is 3.27. The predicted octanol–water partition coefficient (Wildman–Crippen LogP) is 8.46. The SMILES string of the molecule is CC(C)Oc1cc2c(cc1Nc1ncnc3sc4c(c13)CC[C@@H](C(=O)N1CC3(COC3)C1)C4)C=NC2.CC(C)Oc1cc2c(cc1Nc1ncnc3sc4c(c13)CC[C@@H](C(=O)O)C4)C=NC2. The number of rotatable bonds is 10. The third-order valence-electron chi connectivity index (χ3n) is 13.3. The summed E-state index contributed by atoms with van der Waals surface area (Å²) < 4.78 is 17.6. The van der Waals surface area contributed by atoms with Crippen molar-refractivity contribution in [1.82, 2.24) is 24.8 Å². The summed E-state index contributed by atoms with van der Waals surface area (Å²) in [7, 11) is 0. The van der Waals surface area contributed by atoms with Gasteiger partial charge in [0.05, 0.1) is 72.0 Å². The first-order valence-corrected chi connectivity index (χ1v) is 24.4. The number of likely N-dealkylation sites (tertiary alicyclic amines) is 1. The van der Waals surface area contributed by atoms with Gasteiger partial charge in [-0.15, -0.1) is 22.7 Å². The molecule has 3 N–H and O–H groups in total. The monoisotopic (exact) mass is 925 g/mol. The highest BCUT2D eigenvalue weighted by molar-refractivity contribution is 7.19. The Balaban J connectivity index is 0.000000148. The molecule has 0 saturated carbocycles. The average molecular weight is 926 g/mol. The minimum absolute atomic E-state index is 0.0400. The van der Waals surface area contributed by atoms with Crippen molar-refractivity contribution in [3.63, 3.8) is 0 Å². The number of aliphatic imine (C=N–C) groups is 2. The number of fused-ring (bicyclic) bond motifs is 8. The van der Waals surface area contributed by atoms with Gasteiger partial charge in [-0.25, -0.2) is 19.9 Å². The topological polar surface area (TPSA) is 186 Å². The van der Waals surface area contributed by atoms with Crippen molar-refractivity contribution in [2.24, 2.45) is 27.2 Å². The maximum atomic E-state index is 13.2. The molecule has 4 aliphatic heterocycles. The second-order valence-corrected chi connectivity index (χ2v) is 21.0. The number of benzene rings is 2. The predicted molar refractivity (Wildman–Crippen MR) is 257 cm³/mol. The van der Waals surface area contributed by atoms with Crippen LogP contribution in [-0.2, 0) is 53.1 Å². The number of amides is 1. The minimum atomic E-state index is -0.724. The van der Waals surface area contributed by atoms with Gasteiger partial charge >= 0.3 is 5.97 Å². The van der Waals surface area contributed by atoms with E-state index in [0.717, 1.165) is 128 Å². The van der Waals surface area contributed by atoms with Crippen molar-refractivity contribution >= 4 is 90.4 Å². The molecule has 2 atom stereocenters. The van der Waals surface area contributed by atoms with Crippen LogP contribution in [0.4, 0.5) is 23.0 Å². The number of thiophene rings is 2. The smallest absolute Gasteiger partial charge is 0.306 e. The van der Waals surface area contributed by atoms with Gasteiger partial charge in [0.1, 0.15) is 45.5 Å². The van der Waals surface area contributed by atoms with Gasteiger partial charge in [-0.3, -0.25) is 19.6 Å². The first-order valence-electron chi connectivity index (χ1n) is 22.8. The molecule has 8 heterocycles. The molecule has 12 rings (SSSR count). The van der Waals surface area contributed by atoms with E-state index in [9.17, 15) is 14.7 Å². The van der Waals surface area contributed by atoms with E-state index in [1.165, 1.54) is 21.6 Å². The zero-order valence-electron chi connectivity index (χ0n) is 37.3. The Morgan fingerprint density at radius 1 is 0.742 bits per heavy atom. The second kappa shape index (κ2) is 17.0. The maximum absolute atomic E-state index is 13.2. The molecule has 340 valence electrons. The van der Waals surface area contributed by atoms with Crippen molar-refractivity contribution in [2.45, 2.75) is 91.5 Å². The Bertz CT molecular complexity index is 2980. The molecule has 0 radical (unpaired) electrons. The molecular formula is C49H51N9O6S2. The molecule has 17 heteroatoms. The number of aliphatic carboxylic acids is 1. The van der Waals surface area contributed by atoms with Crippen LogP contribution >= 0.6 is 22.7 Å². The summed E-state index contributed by atoms with van der Waals surface area (Å²) in [5.74, 6) is 2.41. The van der Waals surface area contributed by atoms with Gasteiger partial charge < -0.3 is 34.9 Å². The Kier molecular flexibility index (Phi) is 11.0. The quantitative estimate of drug-likeness (QED) is 0.119. The number of carbonyl (C=O) groups excluding carboxylic acids is 1. The van der Waals surface area contributed by atoms with E-state index < -0.39 is 5.97 Å². The lowest BCUT2D eigenvalue weighted by molar-refractivity contribution is -0.197. The number of carboxylic acids is 1. The van der Waals surface area contributed by atoms with Crippen LogP contribution in [-0.4, -0.2) is 92.8 Å². The zero-order valence-corrected chi connectivity index (χ0v) is 39.0. The summed E-state index contributed by atoms with van der Waals surface area (Å²) in [4.78, 5) is 57.9. The first-order chi connectivity index (χ1) is 32.0. The van der Waals surface area contributed by atoms with E-state index in [1.54, 1.807) is 35.3 Å². The van der Waals surface area contributed by atoms with Gasteiger partial charge in [0.15, 0.2) is 0 Å². The van der Waals surface area contributed by atoms with Crippen LogP contribution in [0, 0.1) is 17.3 Å². The largest absolute Gasteiger partial charge is 0.489 e. The number of carboxylic acid groups (broad SMARTS) is 1. The van der Waals surface area contributed by atoms with Crippen LogP contribution in [0.5, 0.6) is 11.5 Å². The molecular weight excluding hydrogens is 875 g/mol. The van der Waals surface area contributed by atoms with Gasteiger partial charge in [-0.1, -0.05) is 0 Å². The van der Waals surface area contributed by atoms with Crippen LogP contribution in [0.1, 0.15) is 83.7 Å². The molecule has 1 spiro atoms. The molecule has 15 nitrogen and oxygen atoms in total. The summed E-state index contributed by atoms with van der Waals surface area (Å²) in [6, 6.07) is 8.27. The van der Waals surface area contributed by atoms with Crippen molar-refractivity contribution < 1.29 is 28.9 Å². The fourth-order valence-electron chi connectivity index (χ4n) is 10.0. The van der Waals surface area contributed by atoms with E-state index in [2.05, 4.69) is 58.8 Å². The number of anilines is 4. The molecule has 0 bridgehead atoms. The summed E-state index contributed by atoms with van der Waals surface area (Å²) in [6.07, 6.45) is 11.5. The number of nitrogens with zero attached hydrogens (tertiary/aromatic N) is 7. The second-order valence-electron chi connectivity index (χ2n) is 18.8. The third kappa shape index (κ3) is 7.93. The maximum Gasteiger partial charge on any atom is 0.306 e. The number of ether oxygens (including phenoxy) is 3. The normalized spacial score (nSPS) is 19.5. The van der Waals surface area contributed by atoms with Gasteiger partial charge in [-0.2, -0.15) is 0 Å². The number of hydrogen-bond acceptors (Lipinski definition) is 15. The van der Waals surface area contributed by atoms with Gasteiger partial charge in [0, 0.05) is 41.2 Å². The Morgan fingerprint density at radius 2 is 1.24 bits per heavy atom. The van der Waals surface area contributed by atoms with E-state index in [0.29, 0.717) is 31.8 Å². The lowest BCUT2D eigenvalue weighted by Crippen LogP contribution is -2.68. The fraction of sp³-hybridized carbons (Fsp3) is 0.429. The third-order valence-corrected chi connectivity index (χ3v) is 15.6. The van der Waals surface area contributed by atoms with E-state index in [4.69, 9.17) is 14.2 Å². The summed E-state index contributed by atoms with van der Waals surface area (Å²) in [6.45, 7) is 12.7. The van der Waals surface area contributed by atoms with Crippen LogP contribution in [0.2, 0.25) is 0 Å². The van der Waals surface area contributed by atoms with Gasteiger partial charge in [0.2, 0.25) is 5.91 Å². The Hall–Kier alpha value is -6.04. The Morgan fingerprint density at radius 3 is 1.71 bits per heavy atom. The van der Waals surface area contributed by atoms with Crippen molar-refractivity contribution in [3.05, 3.63) is 80.1 Å². The number of nitrogens with one attached hydrogen (secondary N) is 2. The molecule has 2 aliphatic carbocycles. The Labute approximate surface area is 389 Å². The molecule has 6 aliphatic rings. The van der Waals surface area contributed by atoms with Crippen LogP contribution in [0.15, 0.2) is 46.9 Å². The van der Waals surface area contributed by atoms with Gasteiger partial charge in [-0.05, 0) is 124 Å². The summed E-state index contributed by atoms with van der Waals surface area (Å²) in [5, 5.41) is 18.5. The molecule has 1 amide bonds. The molecule has 2 aromatic carbocycles. The average Bonchev–Trinajstić information content (AvgIpc) is 4.07. The van der Waals surface area contributed by atoms with Gasteiger partial charge in [0.25, 0.3) is 0 Å².